The van der Waals surface area contributed by atoms with Gasteiger partial charge in [-0.2, -0.15) is 9.97 Å². The molecule has 0 radical (unpaired) electrons. The van der Waals surface area contributed by atoms with Gasteiger partial charge < -0.3 is 19.9 Å². The molecule has 1 N–H and O–H groups in total. The summed E-state index contributed by atoms with van der Waals surface area (Å²) in [5.74, 6) is -1.37. The molecule has 0 spiro atoms. The summed E-state index contributed by atoms with van der Waals surface area (Å²) in [6, 6.07) is 9.34. The second kappa shape index (κ2) is 12.1. The summed E-state index contributed by atoms with van der Waals surface area (Å²) >= 11 is 0. The maximum Gasteiger partial charge on any atom is 0.319 e. The lowest BCUT2D eigenvalue weighted by atomic mass is 9.90. The van der Waals surface area contributed by atoms with Gasteiger partial charge in [0.1, 0.15) is 29.6 Å². The number of hydrogen-bond acceptors (Lipinski definition) is 7. The van der Waals surface area contributed by atoms with Gasteiger partial charge in [-0.05, 0) is 112 Å². The van der Waals surface area contributed by atoms with Gasteiger partial charge >= 0.3 is 6.01 Å². The highest BCUT2D eigenvalue weighted by molar-refractivity contribution is 6.02. The van der Waals surface area contributed by atoms with E-state index in [4.69, 9.17) is 14.7 Å². The predicted octanol–water partition coefficient (Wildman–Crippen LogP) is 6.62. The molecule has 1 aromatic heterocycles. The number of nitrogens with one attached hydrogen (secondary N) is 1. The minimum Gasteiger partial charge on any atom is -0.461 e. The molecule has 4 aliphatic heterocycles. The zero-order valence-corrected chi connectivity index (χ0v) is 28.4. The third-order valence-electron chi connectivity index (χ3n) is 11.4. The number of rotatable bonds is 8. The molecule has 5 heterocycles. The van der Waals surface area contributed by atoms with Crippen molar-refractivity contribution in [2.24, 2.45) is 0 Å². The summed E-state index contributed by atoms with van der Waals surface area (Å²) in [7, 11) is 4.23. The zero-order chi connectivity index (χ0) is 33.3. The van der Waals surface area contributed by atoms with E-state index in [1.54, 1.807) is 12.1 Å². The molecule has 3 aromatic carbocycles. The van der Waals surface area contributed by atoms with Crippen molar-refractivity contribution in [1.29, 1.82) is 0 Å². The molecule has 8 rings (SSSR count). The molecule has 0 amide bonds. The van der Waals surface area contributed by atoms with Crippen molar-refractivity contribution in [3.8, 4) is 17.1 Å². The van der Waals surface area contributed by atoms with Crippen LogP contribution in [0.1, 0.15) is 56.6 Å². The Kier molecular flexibility index (Phi) is 8.04. The fraction of sp³-hybridized carbons (Fsp3) is 0.526. The largest absolute Gasteiger partial charge is 0.461 e. The van der Waals surface area contributed by atoms with Crippen molar-refractivity contribution in [2.75, 3.05) is 51.8 Å². The SMILES string of the molecule is CCc1c(F)ccc2cc(C)cc(-c3c(F)cc4c(N5CC6CCC(C5)N6)nc(OCC56CCCN5C(CN(C)C)CC6)nc4c3F)c12. The highest BCUT2D eigenvalue weighted by Crippen LogP contribution is 2.44. The molecule has 7 nitrogen and oxygen atoms in total. The van der Waals surface area contributed by atoms with Crippen LogP contribution in [0.4, 0.5) is 19.0 Å². The van der Waals surface area contributed by atoms with Gasteiger partial charge in [-0.1, -0.05) is 25.1 Å². The van der Waals surface area contributed by atoms with Crippen molar-refractivity contribution in [3.05, 3.63) is 58.9 Å². The Bertz CT molecular complexity index is 1890. The molecule has 254 valence electrons. The van der Waals surface area contributed by atoms with Crippen LogP contribution in [0.3, 0.4) is 0 Å². The Labute approximate surface area is 280 Å². The summed E-state index contributed by atoms with van der Waals surface area (Å²) in [5.41, 5.74) is 1.34. The molecule has 4 fully saturated rings. The van der Waals surface area contributed by atoms with Crippen LogP contribution in [0.2, 0.25) is 0 Å². The lowest BCUT2D eigenvalue weighted by Gasteiger charge is -2.36. The van der Waals surface area contributed by atoms with E-state index in [9.17, 15) is 0 Å². The highest BCUT2D eigenvalue weighted by Gasteiger charge is 2.50. The van der Waals surface area contributed by atoms with Gasteiger partial charge in [0.25, 0.3) is 0 Å². The van der Waals surface area contributed by atoms with Crippen LogP contribution in [0, 0.1) is 24.4 Å². The van der Waals surface area contributed by atoms with Gasteiger partial charge in [-0.15, -0.1) is 0 Å². The number of fused-ring (bicyclic) bond motifs is 5. The van der Waals surface area contributed by atoms with Gasteiger partial charge in [-0.25, -0.2) is 13.2 Å². The molecule has 10 heteroatoms. The zero-order valence-electron chi connectivity index (χ0n) is 28.4. The Morgan fingerprint density at radius 3 is 2.54 bits per heavy atom. The molecule has 4 saturated heterocycles. The number of nitrogens with zero attached hydrogens (tertiary/aromatic N) is 5. The van der Waals surface area contributed by atoms with Crippen molar-refractivity contribution in [2.45, 2.75) is 82.5 Å². The summed E-state index contributed by atoms with van der Waals surface area (Å²) < 4.78 is 55.1. The molecule has 2 bridgehead atoms. The van der Waals surface area contributed by atoms with Crippen LogP contribution in [-0.4, -0.2) is 90.3 Å². The number of likely N-dealkylation sites (N-methyl/N-ethyl adjacent to an activating group) is 1. The Morgan fingerprint density at radius 2 is 1.79 bits per heavy atom. The monoisotopic (exact) mass is 658 g/mol. The molecule has 4 atom stereocenters. The van der Waals surface area contributed by atoms with Crippen molar-refractivity contribution in [3.63, 3.8) is 0 Å². The maximum atomic E-state index is 17.1. The second-order valence-electron chi connectivity index (χ2n) is 14.9. The number of aryl methyl sites for hydroxylation is 2. The Balaban J connectivity index is 1.26. The lowest BCUT2D eigenvalue weighted by molar-refractivity contribution is 0.0768. The molecular formula is C38H45F3N6O. The topological polar surface area (TPSA) is 56.8 Å². The first kappa shape index (κ1) is 31.8. The molecule has 0 aliphatic carbocycles. The van der Waals surface area contributed by atoms with Gasteiger partial charge in [0.15, 0.2) is 5.82 Å². The average Bonchev–Trinajstić information content (AvgIpc) is 3.73. The van der Waals surface area contributed by atoms with Crippen LogP contribution in [0.5, 0.6) is 6.01 Å². The van der Waals surface area contributed by atoms with E-state index in [-0.39, 0.29) is 28.4 Å². The molecule has 4 unspecified atom stereocenters. The summed E-state index contributed by atoms with van der Waals surface area (Å²) in [6.45, 7) is 7.59. The van der Waals surface area contributed by atoms with Crippen LogP contribution in [-0.2, 0) is 6.42 Å². The van der Waals surface area contributed by atoms with Gasteiger partial charge in [0.2, 0.25) is 0 Å². The molecular weight excluding hydrogens is 613 g/mol. The van der Waals surface area contributed by atoms with Crippen LogP contribution in [0.15, 0.2) is 30.3 Å². The normalized spacial score (nSPS) is 25.6. The van der Waals surface area contributed by atoms with Crippen LogP contribution >= 0.6 is 0 Å². The standard InChI is InChI=1S/C38H45F3N6O/c1-5-27-30(39)10-7-23-15-22(2)16-28(32(23)27)33-31(40)17-29-35(34(33)41)43-37(44-36(29)46-18-24-8-9-25(19-46)42-24)48-21-38-12-6-14-47(38)26(11-13-38)20-45(3)4/h7,10,15-17,24-26,42H,5-6,8-9,11-14,18-21H2,1-4H3. The molecule has 4 aliphatic rings. The minimum atomic E-state index is -0.776. The molecule has 4 aromatic rings. The first-order chi connectivity index (χ1) is 23.1. The van der Waals surface area contributed by atoms with Gasteiger partial charge in [0.05, 0.1) is 11.1 Å². The third-order valence-corrected chi connectivity index (χ3v) is 11.4. The van der Waals surface area contributed by atoms with E-state index in [2.05, 4.69) is 34.1 Å². The van der Waals surface area contributed by atoms with Crippen molar-refractivity contribution < 1.29 is 17.9 Å². The predicted molar refractivity (Wildman–Crippen MR) is 184 cm³/mol. The fourth-order valence-electron chi connectivity index (χ4n) is 9.32. The summed E-state index contributed by atoms with van der Waals surface area (Å²) in [6.07, 6.45) is 6.80. The van der Waals surface area contributed by atoms with Crippen molar-refractivity contribution >= 4 is 27.5 Å². The Morgan fingerprint density at radius 1 is 1.00 bits per heavy atom. The Hall–Kier alpha value is -3.47. The lowest BCUT2D eigenvalue weighted by Crippen LogP contribution is -2.51. The second-order valence-corrected chi connectivity index (χ2v) is 14.9. The third kappa shape index (κ3) is 5.31. The minimum absolute atomic E-state index is 0.0269. The van der Waals surface area contributed by atoms with Crippen LogP contribution in [0.25, 0.3) is 32.8 Å². The van der Waals surface area contributed by atoms with Gasteiger partial charge in [-0.3, -0.25) is 4.90 Å². The number of halogens is 3. The van der Waals surface area contributed by atoms with E-state index >= 15 is 13.2 Å². The smallest absolute Gasteiger partial charge is 0.319 e. The number of aromatic nitrogens is 2. The van der Waals surface area contributed by atoms with E-state index in [1.165, 1.54) is 12.1 Å². The van der Waals surface area contributed by atoms with E-state index in [0.717, 1.165) is 62.6 Å². The van der Waals surface area contributed by atoms with E-state index in [1.807, 2.05) is 19.9 Å². The number of anilines is 1. The van der Waals surface area contributed by atoms with E-state index in [0.29, 0.717) is 72.0 Å². The first-order valence-corrected chi connectivity index (χ1v) is 17.6. The van der Waals surface area contributed by atoms with Crippen LogP contribution < -0.4 is 15.0 Å². The number of hydrogen-bond donors (Lipinski definition) is 1. The first-order valence-electron chi connectivity index (χ1n) is 17.6. The number of benzene rings is 3. The fourth-order valence-corrected chi connectivity index (χ4v) is 9.32. The van der Waals surface area contributed by atoms with Gasteiger partial charge in [0, 0.05) is 43.1 Å². The highest BCUT2D eigenvalue weighted by atomic mass is 19.1. The molecule has 48 heavy (non-hydrogen) atoms. The maximum absolute atomic E-state index is 17.1. The average molecular weight is 659 g/mol. The summed E-state index contributed by atoms with van der Waals surface area (Å²) in [5, 5.41) is 5.24. The molecule has 0 saturated carbocycles. The number of piperazine rings is 1. The summed E-state index contributed by atoms with van der Waals surface area (Å²) in [4.78, 5) is 16.6. The quantitative estimate of drug-likeness (QED) is 0.229. The van der Waals surface area contributed by atoms with E-state index < -0.39 is 11.6 Å². The van der Waals surface area contributed by atoms with Crippen molar-refractivity contribution in [1.82, 2.24) is 25.1 Å². The number of ether oxygens (including phenoxy) is 1.